The van der Waals surface area contributed by atoms with Crippen molar-refractivity contribution in [1.82, 2.24) is 4.90 Å². The Hall–Kier alpha value is -3.44. The first kappa shape index (κ1) is 23.0. The molecule has 3 aliphatic rings. The average Bonchev–Trinajstić information content (AvgIpc) is 3.21. The summed E-state index contributed by atoms with van der Waals surface area (Å²) in [6.07, 6.45) is 0.910. The first-order valence-electron chi connectivity index (χ1n) is 12.8. The third-order valence-corrected chi connectivity index (χ3v) is 8.31. The van der Waals surface area contributed by atoms with E-state index in [2.05, 4.69) is 36.4 Å². The van der Waals surface area contributed by atoms with Gasteiger partial charge in [-0.2, -0.15) is 0 Å². The Morgan fingerprint density at radius 3 is 2.11 bits per heavy atom. The zero-order valence-electron chi connectivity index (χ0n) is 20.8. The molecule has 36 heavy (non-hydrogen) atoms. The van der Waals surface area contributed by atoms with Gasteiger partial charge in [0.2, 0.25) is 0 Å². The summed E-state index contributed by atoms with van der Waals surface area (Å²) in [5, 5.41) is 0. The van der Waals surface area contributed by atoms with Gasteiger partial charge in [-0.05, 0) is 60.1 Å². The third kappa shape index (κ3) is 3.82. The summed E-state index contributed by atoms with van der Waals surface area (Å²) in [6, 6.07) is 22.3. The van der Waals surface area contributed by atoms with Crippen LogP contribution in [0.2, 0.25) is 0 Å². The van der Waals surface area contributed by atoms with E-state index in [4.69, 9.17) is 9.47 Å². The highest BCUT2D eigenvalue weighted by Crippen LogP contribution is 2.44. The van der Waals surface area contributed by atoms with Gasteiger partial charge in [-0.15, -0.1) is 0 Å². The van der Waals surface area contributed by atoms with Crippen LogP contribution in [0, 0.1) is 19.8 Å². The van der Waals surface area contributed by atoms with Crippen molar-refractivity contribution in [3.63, 3.8) is 0 Å². The lowest BCUT2D eigenvalue weighted by molar-refractivity contribution is -0.0747. The van der Waals surface area contributed by atoms with E-state index in [0.29, 0.717) is 32.7 Å². The van der Waals surface area contributed by atoms with E-state index < -0.39 is 0 Å². The molecular formula is C31H31NO4. The standard InChI is InChI=1S/C31H31NO4/c1-19-8-7-13-24(20(19)2)30(33)21-14-22-16-35-17-23(15-21)32(22)31(34)36-18-29-27-11-5-3-9-25(27)26-10-4-6-12-28(26)29/h3-13,21-23,29H,14-18H2,1-2H3. The molecule has 2 bridgehead atoms. The molecule has 3 aromatic carbocycles. The maximum Gasteiger partial charge on any atom is 0.410 e. The molecule has 5 nitrogen and oxygen atoms in total. The minimum Gasteiger partial charge on any atom is -0.448 e. The Labute approximate surface area is 212 Å². The van der Waals surface area contributed by atoms with Crippen LogP contribution in [-0.4, -0.2) is 48.7 Å². The number of nitrogens with zero attached hydrogens (tertiary/aromatic N) is 1. The zero-order valence-corrected chi connectivity index (χ0v) is 20.8. The number of aryl methyl sites for hydroxylation is 1. The summed E-state index contributed by atoms with van der Waals surface area (Å²) in [5.41, 5.74) is 7.80. The lowest BCUT2D eigenvalue weighted by Gasteiger charge is -2.47. The zero-order chi connectivity index (χ0) is 24.8. The monoisotopic (exact) mass is 481 g/mol. The Morgan fingerprint density at radius 2 is 1.47 bits per heavy atom. The molecule has 0 aromatic heterocycles. The number of hydrogen-bond acceptors (Lipinski definition) is 4. The molecule has 2 aliphatic heterocycles. The van der Waals surface area contributed by atoms with Crippen LogP contribution in [0.4, 0.5) is 4.79 Å². The molecule has 1 amide bonds. The number of carbonyl (C=O) groups excluding carboxylic acids is 2. The molecule has 1 aliphatic carbocycles. The summed E-state index contributed by atoms with van der Waals surface area (Å²) >= 11 is 0. The van der Waals surface area contributed by atoms with Crippen LogP contribution in [0.15, 0.2) is 66.7 Å². The molecule has 0 spiro atoms. The Bertz CT molecular complexity index is 1270. The van der Waals surface area contributed by atoms with Gasteiger partial charge in [-0.1, -0.05) is 66.7 Å². The largest absolute Gasteiger partial charge is 0.448 e. The fourth-order valence-electron chi connectivity index (χ4n) is 6.33. The van der Waals surface area contributed by atoms with E-state index in [0.717, 1.165) is 16.7 Å². The summed E-state index contributed by atoms with van der Waals surface area (Å²) in [7, 11) is 0. The van der Waals surface area contributed by atoms with E-state index in [-0.39, 0.29) is 35.8 Å². The number of fused-ring (bicyclic) bond motifs is 5. The molecule has 0 saturated carbocycles. The number of Topliss-reactive ketones (excluding diaryl/α,β-unsaturated/α-hetero) is 1. The molecule has 2 heterocycles. The van der Waals surface area contributed by atoms with Crippen LogP contribution < -0.4 is 0 Å². The highest BCUT2D eigenvalue weighted by molar-refractivity contribution is 5.99. The van der Waals surface area contributed by atoms with Gasteiger partial charge >= 0.3 is 6.09 Å². The molecule has 2 atom stereocenters. The van der Waals surface area contributed by atoms with Gasteiger partial charge in [0.15, 0.2) is 5.78 Å². The number of amides is 1. The quantitative estimate of drug-likeness (QED) is 0.435. The van der Waals surface area contributed by atoms with Crippen molar-refractivity contribution in [1.29, 1.82) is 0 Å². The lowest BCUT2D eigenvalue weighted by Crippen LogP contribution is -2.60. The van der Waals surface area contributed by atoms with Crippen molar-refractivity contribution in [2.24, 2.45) is 5.92 Å². The predicted molar refractivity (Wildman–Crippen MR) is 138 cm³/mol. The highest BCUT2D eigenvalue weighted by atomic mass is 16.6. The van der Waals surface area contributed by atoms with Gasteiger partial charge in [0.25, 0.3) is 0 Å². The highest BCUT2D eigenvalue weighted by Gasteiger charge is 2.45. The smallest absolute Gasteiger partial charge is 0.410 e. The van der Waals surface area contributed by atoms with Gasteiger partial charge in [0.1, 0.15) is 6.61 Å². The second kappa shape index (κ2) is 9.21. The van der Waals surface area contributed by atoms with Crippen LogP contribution in [0.25, 0.3) is 11.1 Å². The van der Waals surface area contributed by atoms with Crippen LogP contribution in [-0.2, 0) is 9.47 Å². The van der Waals surface area contributed by atoms with Gasteiger partial charge in [-0.3, -0.25) is 9.69 Å². The number of ether oxygens (including phenoxy) is 2. The molecule has 2 unspecified atom stereocenters. The minimum absolute atomic E-state index is 0.0286. The summed E-state index contributed by atoms with van der Waals surface area (Å²) in [5.74, 6) is 0.100. The van der Waals surface area contributed by atoms with Crippen molar-refractivity contribution in [3.8, 4) is 11.1 Å². The van der Waals surface area contributed by atoms with E-state index in [9.17, 15) is 9.59 Å². The number of carbonyl (C=O) groups is 2. The van der Waals surface area contributed by atoms with Crippen LogP contribution >= 0.6 is 0 Å². The molecule has 2 saturated heterocycles. The van der Waals surface area contributed by atoms with Crippen LogP contribution in [0.1, 0.15) is 51.4 Å². The second-order valence-corrected chi connectivity index (χ2v) is 10.3. The Morgan fingerprint density at radius 1 is 0.861 bits per heavy atom. The first-order valence-corrected chi connectivity index (χ1v) is 12.8. The van der Waals surface area contributed by atoms with Gasteiger partial charge < -0.3 is 9.47 Å². The van der Waals surface area contributed by atoms with Crippen molar-refractivity contribution in [3.05, 3.63) is 94.5 Å². The third-order valence-electron chi connectivity index (χ3n) is 8.31. The molecule has 3 aromatic rings. The van der Waals surface area contributed by atoms with Crippen molar-refractivity contribution >= 4 is 11.9 Å². The van der Waals surface area contributed by atoms with Crippen molar-refractivity contribution < 1.29 is 19.1 Å². The number of piperidine rings is 1. The average molecular weight is 482 g/mol. The SMILES string of the molecule is Cc1cccc(C(=O)C2CC3COCC(C2)N3C(=O)OCC2c3ccccc3-c3ccccc32)c1C. The lowest BCUT2D eigenvalue weighted by atomic mass is 9.80. The van der Waals surface area contributed by atoms with Crippen molar-refractivity contribution in [2.75, 3.05) is 19.8 Å². The number of hydrogen-bond donors (Lipinski definition) is 0. The van der Waals surface area contributed by atoms with E-state index in [1.165, 1.54) is 22.3 Å². The molecule has 6 rings (SSSR count). The molecule has 2 fully saturated rings. The van der Waals surface area contributed by atoms with E-state index in [1.54, 1.807) is 0 Å². The summed E-state index contributed by atoms with van der Waals surface area (Å²) < 4.78 is 11.8. The molecule has 184 valence electrons. The van der Waals surface area contributed by atoms with Gasteiger partial charge in [0.05, 0.1) is 25.3 Å². The maximum atomic E-state index is 13.4. The minimum atomic E-state index is -0.298. The van der Waals surface area contributed by atoms with Crippen LogP contribution in [0.3, 0.4) is 0 Å². The Balaban J connectivity index is 1.17. The first-order chi connectivity index (χ1) is 17.5. The normalized spacial score (nSPS) is 22.6. The topological polar surface area (TPSA) is 55.8 Å². The van der Waals surface area contributed by atoms with Crippen molar-refractivity contribution in [2.45, 2.75) is 44.7 Å². The predicted octanol–water partition coefficient (Wildman–Crippen LogP) is 5.91. The number of morpholine rings is 1. The summed E-state index contributed by atoms with van der Waals surface area (Å²) in [6.45, 7) is 5.23. The van der Waals surface area contributed by atoms with Gasteiger partial charge in [-0.25, -0.2) is 4.79 Å². The van der Waals surface area contributed by atoms with Gasteiger partial charge in [0, 0.05) is 17.4 Å². The van der Waals surface area contributed by atoms with E-state index in [1.807, 2.05) is 49.1 Å². The molecular weight excluding hydrogens is 450 g/mol. The van der Waals surface area contributed by atoms with Crippen LogP contribution in [0.5, 0.6) is 0 Å². The maximum absolute atomic E-state index is 13.4. The van der Waals surface area contributed by atoms with E-state index >= 15 is 0 Å². The number of benzene rings is 3. The number of ketones is 1. The summed E-state index contributed by atoms with van der Waals surface area (Å²) in [4.78, 5) is 28.7. The molecule has 0 N–H and O–H groups in total. The Kier molecular flexibility index (Phi) is 5.88. The molecule has 0 radical (unpaired) electrons. The number of rotatable bonds is 4. The fraction of sp³-hybridized carbons (Fsp3) is 0.355. The second-order valence-electron chi connectivity index (χ2n) is 10.3. The fourth-order valence-corrected chi connectivity index (χ4v) is 6.33. The molecule has 5 heteroatoms.